The van der Waals surface area contributed by atoms with Crippen molar-refractivity contribution < 1.29 is 14.7 Å². The number of nitrogens with zero attached hydrogens (tertiary/aromatic N) is 1. The van der Waals surface area contributed by atoms with E-state index in [1.165, 1.54) is 12.1 Å². The van der Waals surface area contributed by atoms with Gasteiger partial charge < -0.3 is 10.4 Å². The molecule has 0 aliphatic heterocycles. The van der Waals surface area contributed by atoms with Gasteiger partial charge >= 0.3 is 5.97 Å². The second kappa shape index (κ2) is 6.69. The number of aromatic nitrogens is 1. The molecule has 0 saturated carbocycles. The molecule has 0 aliphatic rings. The fraction of sp³-hybridized carbons (Fsp3) is 0.214. The van der Waals surface area contributed by atoms with Crippen molar-refractivity contribution in [1.82, 2.24) is 4.98 Å². The predicted octanol–water partition coefficient (Wildman–Crippen LogP) is 3.70. The summed E-state index contributed by atoms with van der Waals surface area (Å²) in [7, 11) is 0. The summed E-state index contributed by atoms with van der Waals surface area (Å²) in [5, 5.41) is 12.3. The Bertz CT molecular complexity index is 685. The maximum atomic E-state index is 12.2. The van der Waals surface area contributed by atoms with E-state index in [4.69, 9.17) is 16.7 Å². The smallest absolute Gasteiger partial charge is 0.345 e. The number of amides is 1. The van der Waals surface area contributed by atoms with Crippen LogP contribution in [-0.2, 0) is 6.42 Å². The first kappa shape index (κ1) is 15.5. The van der Waals surface area contributed by atoms with Gasteiger partial charge in [-0.1, -0.05) is 24.9 Å². The van der Waals surface area contributed by atoms with Crippen LogP contribution in [0, 0.1) is 0 Å². The first-order valence-electron chi connectivity index (χ1n) is 6.30. The summed E-state index contributed by atoms with van der Waals surface area (Å²) in [6.07, 6.45) is 1.64. The Labute approximate surface area is 130 Å². The molecule has 0 spiro atoms. The van der Waals surface area contributed by atoms with Crippen LogP contribution in [0.5, 0.6) is 0 Å². The number of thiophene rings is 1. The minimum absolute atomic E-state index is 0.171. The molecule has 2 aromatic heterocycles. The van der Waals surface area contributed by atoms with Gasteiger partial charge in [-0.15, -0.1) is 11.3 Å². The Balaban J connectivity index is 2.17. The van der Waals surface area contributed by atoms with Gasteiger partial charge in [0.2, 0.25) is 0 Å². The monoisotopic (exact) mass is 324 g/mol. The average Bonchev–Trinajstić information content (AvgIpc) is 2.87. The summed E-state index contributed by atoms with van der Waals surface area (Å²) in [5.74, 6) is -1.35. The molecule has 0 fully saturated rings. The molecule has 0 unspecified atom stereocenters. The molecule has 7 heteroatoms. The number of halogens is 1. The van der Waals surface area contributed by atoms with Crippen LogP contribution < -0.4 is 5.32 Å². The highest BCUT2D eigenvalue weighted by Crippen LogP contribution is 2.23. The van der Waals surface area contributed by atoms with E-state index in [1.807, 2.05) is 6.92 Å². The molecule has 0 aromatic carbocycles. The van der Waals surface area contributed by atoms with Gasteiger partial charge in [0.1, 0.15) is 10.0 Å². The number of carbonyl (C=O) groups is 2. The predicted molar refractivity (Wildman–Crippen MR) is 82.5 cm³/mol. The highest BCUT2D eigenvalue weighted by atomic mass is 35.5. The Morgan fingerprint density at radius 3 is 2.76 bits per heavy atom. The fourth-order valence-electron chi connectivity index (χ4n) is 1.77. The van der Waals surface area contributed by atoms with Crippen molar-refractivity contribution in [1.29, 1.82) is 0 Å². The molecule has 2 N–H and O–H groups in total. The van der Waals surface area contributed by atoms with Gasteiger partial charge in [-0.2, -0.15) is 0 Å². The lowest BCUT2D eigenvalue weighted by atomic mass is 10.1. The number of hydrogen-bond acceptors (Lipinski definition) is 4. The number of aromatic carboxylic acids is 1. The van der Waals surface area contributed by atoms with Gasteiger partial charge in [0.05, 0.1) is 5.00 Å². The van der Waals surface area contributed by atoms with Crippen LogP contribution in [-0.4, -0.2) is 22.0 Å². The summed E-state index contributed by atoms with van der Waals surface area (Å²) >= 11 is 6.91. The van der Waals surface area contributed by atoms with Crippen molar-refractivity contribution in [3.05, 3.63) is 45.6 Å². The second-order valence-corrected chi connectivity index (χ2v) is 5.81. The van der Waals surface area contributed by atoms with Gasteiger partial charge in [0.15, 0.2) is 0 Å². The Hall–Kier alpha value is -1.92. The third-order valence-corrected chi connectivity index (χ3v) is 3.85. The van der Waals surface area contributed by atoms with Crippen molar-refractivity contribution in [2.45, 2.75) is 19.8 Å². The normalized spacial score (nSPS) is 10.4. The summed E-state index contributed by atoms with van der Waals surface area (Å²) in [5.41, 5.74) is 1.16. The Kier molecular flexibility index (Phi) is 4.93. The van der Waals surface area contributed by atoms with Crippen LogP contribution in [0.2, 0.25) is 5.15 Å². The van der Waals surface area contributed by atoms with Gasteiger partial charge in [0.25, 0.3) is 5.91 Å². The van der Waals surface area contributed by atoms with Crippen molar-refractivity contribution >= 4 is 39.8 Å². The molecule has 0 radical (unpaired) electrons. The molecule has 110 valence electrons. The molecule has 2 rings (SSSR count). The lowest BCUT2D eigenvalue weighted by Crippen LogP contribution is -2.12. The number of carboxylic acid groups (broad SMARTS) is 1. The quantitative estimate of drug-likeness (QED) is 0.822. The molecule has 21 heavy (non-hydrogen) atoms. The topological polar surface area (TPSA) is 79.3 Å². The molecule has 0 aliphatic carbocycles. The van der Waals surface area contributed by atoms with Crippen LogP contribution in [0.25, 0.3) is 0 Å². The van der Waals surface area contributed by atoms with E-state index in [2.05, 4.69) is 10.3 Å². The van der Waals surface area contributed by atoms with Crippen molar-refractivity contribution in [3.8, 4) is 0 Å². The van der Waals surface area contributed by atoms with Gasteiger partial charge in [-0.25, -0.2) is 9.78 Å². The summed E-state index contributed by atoms with van der Waals surface area (Å²) in [6, 6.07) is 6.19. The lowest BCUT2D eigenvalue weighted by Gasteiger charge is -2.05. The number of hydrogen-bond donors (Lipinski definition) is 2. The summed E-state index contributed by atoms with van der Waals surface area (Å²) in [6.45, 7) is 2.02. The molecule has 0 bridgehead atoms. The zero-order chi connectivity index (χ0) is 15.4. The third kappa shape index (κ3) is 4.03. The van der Waals surface area contributed by atoms with E-state index in [1.54, 1.807) is 12.1 Å². The Morgan fingerprint density at radius 2 is 2.14 bits per heavy atom. The van der Waals surface area contributed by atoms with Crippen LogP contribution in [0.3, 0.4) is 0 Å². The van der Waals surface area contributed by atoms with Gasteiger partial charge in [-0.05, 0) is 30.7 Å². The lowest BCUT2D eigenvalue weighted by molar-refractivity contribution is 0.0702. The van der Waals surface area contributed by atoms with Crippen LogP contribution in [0.4, 0.5) is 5.00 Å². The van der Waals surface area contributed by atoms with E-state index in [-0.39, 0.29) is 15.9 Å². The van der Waals surface area contributed by atoms with E-state index >= 15 is 0 Å². The fourth-order valence-corrected chi connectivity index (χ4v) is 2.74. The molecular weight excluding hydrogens is 312 g/mol. The maximum Gasteiger partial charge on any atom is 0.345 e. The number of carbonyl (C=O) groups excluding carboxylic acids is 1. The summed E-state index contributed by atoms with van der Waals surface area (Å²) in [4.78, 5) is 27.3. The van der Waals surface area contributed by atoms with Crippen molar-refractivity contribution in [2.75, 3.05) is 5.32 Å². The molecule has 0 saturated heterocycles. The minimum Gasteiger partial charge on any atom is -0.477 e. The summed E-state index contributed by atoms with van der Waals surface area (Å²) < 4.78 is 0. The van der Waals surface area contributed by atoms with E-state index in [0.29, 0.717) is 10.6 Å². The van der Waals surface area contributed by atoms with Gasteiger partial charge in [0, 0.05) is 11.3 Å². The second-order valence-electron chi connectivity index (χ2n) is 4.34. The Morgan fingerprint density at radius 1 is 1.38 bits per heavy atom. The van der Waals surface area contributed by atoms with Crippen LogP contribution in [0.15, 0.2) is 24.3 Å². The molecular formula is C14H13ClN2O3S. The molecule has 0 atom stereocenters. The number of nitrogens with one attached hydrogen (secondary N) is 1. The van der Waals surface area contributed by atoms with E-state index < -0.39 is 5.97 Å². The van der Waals surface area contributed by atoms with Gasteiger partial charge in [-0.3, -0.25) is 4.79 Å². The SMILES string of the molecule is CCCc1cc(C(=O)Nc2ccc(C(=O)O)s2)cc(Cl)n1. The van der Waals surface area contributed by atoms with E-state index in [9.17, 15) is 9.59 Å². The van der Waals surface area contributed by atoms with Crippen molar-refractivity contribution in [2.24, 2.45) is 0 Å². The number of pyridine rings is 1. The van der Waals surface area contributed by atoms with Crippen molar-refractivity contribution in [3.63, 3.8) is 0 Å². The first-order valence-corrected chi connectivity index (χ1v) is 7.50. The number of carboxylic acids is 1. The number of anilines is 1. The zero-order valence-electron chi connectivity index (χ0n) is 11.2. The number of aryl methyl sites for hydroxylation is 1. The van der Waals surface area contributed by atoms with E-state index in [0.717, 1.165) is 29.9 Å². The largest absolute Gasteiger partial charge is 0.477 e. The maximum absolute atomic E-state index is 12.2. The molecule has 5 nitrogen and oxygen atoms in total. The number of rotatable bonds is 5. The molecule has 1 amide bonds. The molecule has 2 heterocycles. The van der Waals surface area contributed by atoms with Crippen LogP contribution in [0.1, 0.15) is 39.1 Å². The van der Waals surface area contributed by atoms with Crippen LogP contribution >= 0.6 is 22.9 Å². The highest BCUT2D eigenvalue weighted by Gasteiger charge is 2.12. The molecule has 2 aromatic rings. The minimum atomic E-state index is -1.02. The average molecular weight is 325 g/mol. The third-order valence-electron chi connectivity index (χ3n) is 2.67. The zero-order valence-corrected chi connectivity index (χ0v) is 12.8. The first-order chi connectivity index (χ1) is 9.99. The highest BCUT2D eigenvalue weighted by molar-refractivity contribution is 7.18. The standard InChI is InChI=1S/C14H13ClN2O3S/c1-2-3-9-6-8(7-11(15)16-9)13(18)17-12-5-4-10(21-12)14(19)20/h4-7H,2-3H2,1H3,(H,17,18)(H,19,20).